The van der Waals surface area contributed by atoms with Gasteiger partial charge in [0.25, 0.3) is 5.91 Å². The van der Waals surface area contributed by atoms with Crippen LogP contribution in [0.15, 0.2) is 67.0 Å². The van der Waals surface area contributed by atoms with Crippen LogP contribution in [0.2, 0.25) is 0 Å². The number of fused-ring (bicyclic) bond motifs is 3. The minimum atomic E-state index is -0.653. The predicted octanol–water partition coefficient (Wildman–Crippen LogP) is 4.16. The molecule has 7 heteroatoms. The van der Waals surface area contributed by atoms with Gasteiger partial charge in [-0.1, -0.05) is 35.9 Å². The zero-order valence-corrected chi connectivity index (χ0v) is 17.9. The fraction of sp³-hybridized carbons (Fsp3) is 0.200. The zero-order valence-electron chi connectivity index (χ0n) is 17.9. The molecule has 0 saturated heterocycles. The molecule has 1 N–H and O–H groups in total. The van der Waals surface area contributed by atoms with Crippen LogP contribution in [0.25, 0.3) is 11.0 Å². The number of nitrogens with zero attached hydrogens (tertiary/aromatic N) is 4. The van der Waals surface area contributed by atoms with Crippen molar-refractivity contribution in [3.05, 3.63) is 83.7 Å². The molecule has 0 saturated carbocycles. The maximum atomic E-state index is 13.4. The number of para-hydroxylation sites is 2. The average molecular weight is 425 g/mol. The van der Waals surface area contributed by atoms with Gasteiger partial charge in [0, 0.05) is 18.1 Å². The molecule has 2 aromatic carbocycles. The monoisotopic (exact) mass is 425 g/mol. The van der Waals surface area contributed by atoms with E-state index in [1.54, 1.807) is 17.3 Å². The lowest BCUT2D eigenvalue weighted by molar-refractivity contribution is -0.124. The van der Waals surface area contributed by atoms with Crippen LogP contribution in [0.3, 0.4) is 0 Å². The van der Waals surface area contributed by atoms with Crippen molar-refractivity contribution < 1.29 is 9.59 Å². The molecule has 1 aliphatic rings. The van der Waals surface area contributed by atoms with Crippen molar-refractivity contribution in [2.75, 3.05) is 10.2 Å². The SMILES string of the molecule is Cc1ccc(NC(=O)C[C@@H]2C(=O)N(Cc3cccnc3)c3nc4ccccc4n32)c(C)c1. The summed E-state index contributed by atoms with van der Waals surface area (Å²) in [6, 6.07) is 16.7. The Morgan fingerprint density at radius 3 is 2.72 bits per heavy atom. The van der Waals surface area contributed by atoms with Gasteiger partial charge in [0.15, 0.2) is 0 Å². The van der Waals surface area contributed by atoms with Crippen molar-refractivity contribution in [3.63, 3.8) is 0 Å². The summed E-state index contributed by atoms with van der Waals surface area (Å²) in [6.45, 7) is 4.32. The van der Waals surface area contributed by atoms with Gasteiger partial charge in [0.1, 0.15) is 6.04 Å². The van der Waals surface area contributed by atoms with E-state index < -0.39 is 6.04 Å². The lowest BCUT2D eigenvalue weighted by Gasteiger charge is -2.16. The largest absolute Gasteiger partial charge is 0.326 e. The van der Waals surface area contributed by atoms with E-state index in [4.69, 9.17) is 4.98 Å². The molecular weight excluding hydrogens is 402 g/mol. The van der Waals surface area contributed by atoms with Gasteiger partial charge in [-0.05, 0) is 49.2 Å². The van der Waals surface area contributed by atoms with Gasteiger partial charge < -0.3 is 5.32 Å². The second-order valence-electron chi connectivity index (χ2n) is 8.14. The third kappa shape index (κ3) is 3.51. The quantitative estimate of drug-likeness (QED) is 0.521. The molecule has 4 aromatic rings. The summed E-state index contributed by atoms with van der Waals surface area (Å²) in [5.74, 6) is 0.213. The lowest BCUT2D eigenvalue weighted by Crippen LogP contribution is -2.31. The fourth-order valence-electron chi connectivity index (χ4n) is 4.25. The van der Waals surface area contributed by atoms with Gasteiger partial charge in [-0.15, -0.1) is 0 Å². The van der Waals surface area contributed by atoms with E-state index in [2.05, 4.69) is 10.3 Å². The van der Waals surface area contributed by atoms with Crippen LogP contribution in [0.1, 0.15) is 29.2 Å². The Labute approximate surface area is 185 Å². The smallest absolute Gasteiger partial charge is 0.253 e. The molecule has 0 fully saturated rings. The number of anilines is 2. The van der Waals surface area contributed by atoms with Crippen LogP contribution < -0.4 is 10.2 Å². The number of hydrogen-bond donors (Lipinski definition) is 1. The number of aromatic nitrogens is 3. The minimum absolute atomic E-state index is 0.0308. The van der Waals surface area contributed by atoms with E-state index in [1.165, 1.54) is 0 Å². The van der Waals surface area contributed by atoms with Crippen molar-refractivity contribution in [3.8, 4) is 0 Å². The van der Waals surface area contributed by atoms with Crippen molar-refractivity contribution >= 4 is 34.5 Å². The number of pyridine rings is 1. The molecule has 3 heterocycles. The Bertz CT molecular complexity index is 1330. The molecule has 2 aromatic heterocycles. The van der Waals surface area contributed by atoms with Gasteiger partial charge in [0.2, 0.25) is 11.9 Å². The van der Waals surface area contributed by atoms with E-state index in [0.29, 0.717) is 12.5 Å². The molecular formula is C25H23N5O2. The summed E-state index contributed by atoms with van der Waals surface area (Å²) in [6.07, 6.45) is 3.47. The van der Waals surface area contributed by atoms with Crippen LogP contribution in [-0.4, -0.2) is 26.3 Å². The number of aryl methyl sites for hydroxylation is 2. The van der Waals surface area contributed by atoms with Crippen LogP contribution in [0.5, 0.6) is 0 Å². The Morgan fingerprint density at radius 1 is 1.09 bits per heavy atom. The highest BCUT2D eigenvalue weighted by molar-refractivity contribution is 6.05. The second-order valence-corrected chi connectivity index (χ2v) is 8.14. The third-order valence-electron chi connectivity index (χ3n) is 5.78. The normalized spacial score (nSPS) is 15.2. The minimum Gasteiger partial charge on any atom is -0.326 e. The highest BCUT2D eigenvalue weighted by atomic mass is 16.2. The van der Waals surface area contributed by atoms with E-state index >= 15 is 0 Å². The molecule has 2 amide bonds. The highest BCUT2D eigenvalue weighted by Crippen LogP contribution is 2.37. The number of nitrogens with one attached hydrogen (secondary N) is 1. The molecule has 32 heavy (non-hydrogen) atoms. The number of benzene rings is 2. The van der Waals surface area contributed by atoms with Crippen LogP contribution in [0.4, 0.5) is 11.6 Å². The Morgan fingerprint density at radius 2 is 1.94 bits per heavy atom. The van der Waals surface area contributed by atoms with E-state index in [-0.39, 0.29) is 18.2 Å². The first kappa shape index (κ1) is 19.9. The number of imidazole rings is 1. The summed E-state index contributed by atoms with van der Waals surface area (Å²) >= 11 is 0. The number of carbonyl (C=O) groups is 2. The molecule has 1 aliphatic heterocycles. The molecule has 0 bridgehead atoms. The summed E-state index contributed by atoms with van der Waals surface area (Å²) in [7, 11) is 0. The van der Waals surface area contributed by atoms with E-state index in [9.17, 15) is 9.59 Å². The zero-order chi connectivity index (χ0) is 22.2. The van der Waals surface area contributed by atoms with Crippen LogP contribution >= 0.6 is 0 Å². The predicted molar refractivity (Wildman–Crippen MR) is 123 cm³/mol. The topological polar surface area (TPSA) is 80.1 Å². The van der Waals surface area contributed by atoms with Gasteiger partial charge in [-0.2, -0.15) is 0 Å². The Hall–Kier alpha value is -4.00. The summed E-state index contributed by atoms with van der Waals surface area (Å²) in [5.41, 5.74) is 5.42. The highest BCUT2D eigenvalue weighted by Gasteiger charge is 2.40. The average Bonchev–Trinajstić information content (AvgIpc) is 3.27. The maximum absolute atomic E-state index is 13.4. The van der Waals surface area contributed by atoms with Crippen molar-refractivity contribution in [2.45, 2.75) is 32.9 Å². The first-order chi connectivity index (χ1) is 15.5. The third-order valence-corrected chi connectivity index (χ3v) is 5.78. The fourth-order valence-corrected chi connectivity index (χ4v) is 4.25. The molecule has 160 valence electrons. The van der Waals surface area contributed by atoms with Crippen LogP contribution in [0, 0.1) is 13.8 Å². The molecule has 1 atom stereocenters. The standard InChI is InChI=1S/C25H23N5O2/c1-16-9-10-19(17(2)12-16)27-23(31)13-22-24(32)29(15-18-6-5-11-26-14-18)25-28-20-7-3-4-8-21(20)30(22)25/h3-12,14,22H,13,15H2,1-2H3,(H,27,31)/t22-/m1/s1. The Kier molecular flexibility index (Phi) is 4.93. The number of amides is 2. The molecule has 5 rings (SSSR count). The first-order valence-electron chi connectivity index (χ1n) is 10.6. The summed E-state index contributed by atoms with van der Waals surface area (Å²) in [4.78, 5) is 36.9. The lowest BCUT2D eigenvalue weighted by atomic mass is 10.1. The first-order valence-corrected chi connectivity index (χ1v) is 10.6. The van der Waals surface area contributed by atoms with Crippen LogP contribution in [-0.2, 0) is 16.1 Å². The summed E-state index contributed by atoms with van der Waals surface area (Å²) < 4.78 is 1.88. The molecule has 0 unspecified atom stereocenters. The van der Waals surface area contributed by atoms with Crippen molar-refractivity contribution in [2.24, 2.45) is 0 Å². The van der Waals surface area contributed by atoms with Gasteiger partial charge in [-0.25, -0.2) is 4.98 Å². The van der Waals surface area contributed by atoms with Crippen molar-refractivity contribution in [1.29, 1.82) is 0 Å². The van der Waals surface area contributed by atoms with Gasteiger partial charge in [0.05, 0.1) is 24.0 Å². The molecule has 7 nitrogen and oxygen atoms in total. The second kappa shape index (κ2) is 7.92. The molecule has 0 spiro atoms. The molecule has 0 radical (unpaired) electrons. The Balaban J connectivity index is 1.47. The van der Waals surface area contributed by atoms with Gasteiger partial charge >= 0.3 is 0 Å². The van der Waals surface area contributed by atoms with E-state index in [0.717, 1.165) is 33.4 Å². The van der Waals surface area contributed by atoms with E-state index in [1.807, 2.05) is 73.0 Å². The van der Waals surface area contributed by atoms with Crippen molar-refractivity contribution in [1.82, 2.24) is 14.5 Å². The number of hydrogen-bond acceptors (Lipinski definition) is 4. The molecule has 0 aliphatic carbocycles. The number of rotatable bonds is 5. The summed E-state index contributed by atoms with van der Waals surface area (Å²) in [5, 5.41) is 2.97. The van der Waals surface area contributed by atoms with Gasteiger partial charge in [-0.3, -0.25) is 24.0 Å². The maximum Gasteiger partial charge on any atom is 0.253 e. The number of carbonyl (C=O) groups excluding carboxylic acids is 2.